The predicted octanol–water partition coefficient (Wildman–Crippen LogP) is 3.63. The average molecular weight is 488 g/mol. The van der Waals surface area contributed by atoms with E-state index in [1.165, 1.54) is 13.0 Å². The number of amidine groups is 1. The molecule has 9 heteroatoms. The van der Waals surface area contributed by atoms with Crippen LogP contribution < -0.4 is 4.72 Å². The Balaban J connectivity index is 1.86. The average Bonchev–Trinajstić information content (AvgIpc) is 3.13. The van der Waals surface area contributed by atoms with Crippen LogP contribution in [0.15, 0.2) is 42.5 Å². The van der Waals surface area contributed by atoms with Crippen molar-refractivity contribution >= 4 is 27.3 Å². The summed E-state index contributed by atoms with van der Waals surface area (Å²) in [6, 6.07) is 12.8. The van der Waals surface area contributed by atoms with Crippen LogP contribution in [-0.2, 0) is 21.2 Å². The number of ketones is 1. The third-order valence-electron chi connectivity index (χ3n) is 6.28. The van der Waals surface area contributed by atoms with Crippen molar-refractivity contribution in [3.63, 3.8) is 0 Å². The number of ether oxygens (including phenoxy) is 1. The topological polar surface area (TPSA) is 120 Å². The highest BCUT2D eigenvalue weighted by Gasteiger charge is 2.38. The number of methoxy groups -OCH3 is 1. The number of rotatable bonds is 11. The number of benzene rings is 2. The fourth-order valence-corrected chi connectivity index (χ4v) is 5.02. The molecule has 0 spiro atoms. The number of hydrogen-bond acceptors (Lipinski definition) is 6. The van der Waals surface area contributed by atoms with Crippen LogP contribution in [0.3, 0.4) is 0 Å². The van der Waals surface area contributed by atoms with Gasteiger partial charge in [0.25, 0.3) is 0 Å². The molecule has 1 saturated heterocycles. The number of carbonyl (C=O) groups is 1. The Labute approximate surface area is 201 Å². The monoisotopic (exact) mass is 487 g/mol. The van der Waals surface area contributed by atoms with Gasteiger partial charge in [-0.15, -0.1) is 0 Å². The molecule has 0 radical (unpaired) electrons. The first-order valence-corrected chi connectivity index (χ1v) is 13.1. The SMILES string of the molecule is CCc1cc(C(=O)CN2CC(CCOC)C(c3ccccc3)C2=N)cc(NS(=O)(=O)CC)c1O. The highest BCUT2D eigenvalue weighted by Crippen LogP contribution is 2.37. The van der Waals surface area contributed by atoms with Crippen LogP contribution in [-0.4, -0.2) is 62.6 Å². The largest absolute Gasteiger partial charge is 0.505 e. The van der Waals surface area contributed by atoms with E-state index in [0.717, 1.165) is 12.0 Å². The van der Waals surface area contributed by atoms with E-state index in [0.29, 0.717) is 36.5 Å². The lowest BCUT2D eigenvalue weighted by Crippen LogP contribution is -2.32. The highest BCUT2D eigenvalue weighted by molar-refractivity contribution is 7.92. The second-order valence-corrected chi connectivity index (χ2v) is 10.5. The van der Waals surface area contributed by atoms with Gasteiger partial charge in [-0.3, -0.25) is 14.9 Å². The molecule has 1 aliphatic rings. The summed E-state index contributed by atoms with van der Waals surface area (Å²) in [6.45, 7) is 4.45. The molecule has 2 unspecified atom stereocenters. The molecule has 3 rings (SSSR count). The molecule has 0 saturated carbocycles. The smallest absolute Gasteiger partial charge is 0.232 e. The van der Waals surface area contributed by atoms with Gasteiger partial charge < -0.3 is 14.7 Å². The van der Waals surface area contributed by atoms with Crippen LogP contribution in [0.2, 0.25) is 0 Å². The van der Waals surface area contributed by atoms with E-state index in [1.54, 1.807) is 18.1 Å². The van der Waals surface area contributed by atoms with Crippen molar-refractivity contribution in [3.8, 4) is 5.75 Å². The van der Waals surface area contributed by atoms with E-state index in [9.17, 15) is 18.3 Å². The van der Waals surface area contributed by atoms with Crippen molar-refractivity contribution in [3.05, 3.63) is 59.2 Å². The van der Waals surface area contributed by atoms with Crippen LogP contribution in [0.5, 0.6) is 5.75 Å². The molecule has 8 nitrogen and oxygen atoms in total. The summed E-state index contributed by atoms with van der Waals surface area (Å²) in [5, 5.41) is 19.3. The van der Waals surface area contributed by atoms with Crippen molar-refractivity contribution in [1.29, 1.82) is 5.41 Å². The quantitative estimate of drug-likeness (QED) is 0.329. The molecule has 2 aromatic carbocycles. The summed E-state index contributed by atoms with van der Waals surface area (Å²) in [5.41, 5.74) is 1.82. The van der Waals surface area contributed by atoms with E-state index in [2.05, 4.69) is 4.72 Å². The van der Waals surface area contributed by atoms with Gasteiger partial charge in [0.2, 0.25) is 10.0 Å². The summed E-state index contributed by atoms with van der Waals surface area (Å²) in [4.78, 5) is 15.0. The molecule has 0 aliphatic carbocycles. The number of phenols is 1. The molecular weight excluding hydrogens is 454 g/mol. The van der Waals surface area contributed by atoms with Gasteiger partial charge in [-0.2, -0.15) is 0 Å². The van der Waals surface area contributed by atoms with E-state index in [-0.39, 0.29) is 41.4 Å². The van der Waals surface area contributed by atoms with Gasteiger partial charge in [0.15, 0.2) is 5.78 Å². The number of anilines is 1. The molecule has 0 bridgehead atoms. The lowest BCUT2D eigenvalue weighted by molar-refractivity contribution is 0.0961. The number of nitrogens with one attached hydrogen (secondary N) is 2. The minimum atomic E-state index is -3.63. The second kappa shape index (κ2) is 11.0. The third kappa shape index (κ3) is 5.77. The highest BCUT2D eigenvalue weighted by atomic mass is 32.2. The van der Waals surface area contributed by atoms with Crippen molar-refractivity contribution in [1.82, 2.24) is 4.90 Å². The Morgan fingerprint density at radius 1 is 1.24 bits per heavy atom. The fourth-order valence-electron chi connectivity index (χ4n) is 4.38. The Bertz CT molecular complexity index is 1130. The standard InChI is InChI=1S/C25H33N3O5S/c1-4-17-13-20(14-21(24(17)30)27-34(31,32)5-2)22(29)16-28-15-19(11-12-33-3)23(25(28)26)18-9-7-6-8-10-18/h6-10,13-14,19,23,26-27,30H,4-5,11-12,15-16H2,1-3H3. The zero-order valence-electron chi connectivity index (χ0n) is 19.9. The number of carbonyl (C=O) groups excluding carboxylic acids is 1. The maximum atomic E-state index is 13.3. The Morgan fingerprint density at radius 2 is 1.94 bits per heavy atom. The summed E-state index contributed by atoms with van der Waals surface area (Å²) in [7, 11) is -1.97. The van der Waals surface area contributed by atoms with Gasteiger partial charge in [-0.1, -0.05) is 37.3 Å². The summed E-state index contributed by atoms with van der Waals surface area (Å²) < 4.78 is 31.8. The first-order valence-electron chi connectivity index (χ1n) is 11.5. The number of nitrogens with zero attached hydrogens (tertiary/aromatic N) is 1. The molecule has 1 heterocycles. The van der Waals surface area contributed by atoms with E-state index in [1.807, 2.05) is 37.3 Å². The number of sulfonamides is 1. The molecule has 2 atom stereocenters. The van der Waals surface area contributed by atoms with E-state index >= 15 is 0 Å². The molecule has 184 valence electrons. The molecular formula is C25H33N3O5S. The maximum Gasteiger partial charge on any atom is 0.232 e. The van der Waals surface area contributed by atoms with Gasteiger partial charge in [-0.05, 0) is 48.9 Å². The predicted molar refractivity (Wildman–Crippen MR) is 133 cm³/mol. The number of aryl methyl sites for hydroxylation is 1. The number of Topliss-reactive ketones (excluding diaryl/α,β-unsaturated/α-hetero) is 1. The Kier molecular flexibility index (Phi) is 8.33. The van der Waals surface area contributed by atoms with Crippen LogP contribution >= 0.6 is 0 Å². The lowest BCUT2D eigenvalue weighted by Gasteiger charge is -2.20. The van der Waals surface area contributed by atoms with Gasteiger partial charge in [0.05, 0.1) is 18.0 Å². The van der Waals surface area contributed by atoms with Gasteiger partial charge in [-0.25, -0.2) is 8.42 Å². The number of phenolic OH excluding ortho intramolecular Hbond substituents is 1. The van der Waals surface area contributed by atoms with Crippen molar-refractivity contribution in [2.45, 2.75) is 32.6 Å². The fraction of sp³-hybridized carbons (Fsp3) is 0.440. The lowest BCUT2D eigenvalue weighted by atomic mass is 9.86. The summed E-state index contributed by atoms with van der Waals surface area (Å²) in [5.74, 6) is -0.157. The molecule has 34 heavy (non-hydrogen) atoms. The molecule has 1 aliphatic heterocycles. The molecule has 0 amide bonds. The van der Waals surface area contributed by atoms with Crippen LogP contribution in [0, 0.1) is 11.3 Å². The molecule has 0 aromatic heterocycles. The first-order chi connectivity index (χ1) is 16.2. The van der Waals surface area contributed by atoms with Crippen molar-refractivity contribution in [2.75, 3.05) is 37.3 Å². The summed E-state index contributed by atoms with van der Waals surface area (Å²) in [6.07, 6.45) is 1.20. The Hall–Kier alpha value is -2.91. The molecule has 3 N–H and O–H groups in total. The van der Waals surface area contributed by atoms with Crippen molar-refractivity contribution in [2.24, 2.45) is 5.92 Å². The van der Waals surface area contributed by atoms with Crippen LogP contribution in [0.25, 0.3) is 0 Å². The molecule has 2 aromatic rings. The second-order valence-electron chi connectivity index (χ2n) is 8.51. The van der Waals surface area contributed by atoms with Crippen LogP contribution in [0.1, 0.15) is 47.7 Å². The minimum Gasteiger partial charge on any atom is -0.505 e. The number of hydrogen-bond donors (Lipinski definition) is 3. The van der Waals surface area contributed by atoms with Crippen LogP contribution in [0.4, 0.5) is 5.69 Å². The van der Waals surface area contributed by atoms with E-state index in [4.69, 9.17) is 10.1 Å². The van der Waals surface area contributed by atoms with Gasteiger partial charge in [0.1, 0.15) is 11.6 Å². The third-order valence-corrected chi connectivity index (χ3v) is 7.58. The normalized spacial score (nSPS) is 18.3. The van der Waals surface area contributed by atoms with Gasteiger partial charge in [0, 0.05) is 31.7 Å². The maximum absolute atomic E-state index is 13.3. The Morgan fingerprint density at radius 3 is 2.56 bits per heavy atom. The zero-order valence-corrected chi connectivity index (χ0v) is 20.7. The van der Waals surface area contributed by atoms with Gasteiger partial charge >= 0.3 is 0 Å². The zero-order chi connectivity index (χ0) is 24.9. The number of likely N-dealkylation sites (tertiary alicyclic amines) is 1. The van der Waals surface area contributed by atoms with Crippen molar-refractivity contribution < 1.29 is 23.1 Å². The van der Waals surface area contributed by atoms with E-state index < -0.39 is 10.0 Å². The minimum absolute atomic E-state index is 0.000450. The summed E-state index contributed by atoms with van der Waals surface area (Å²) >= 11 is 0. The number of aromatic hydroxyl groups is 1. The first kappa shape index (κ1) is 25.7. The molecule has 1 fully saturated rings.